The fourth-order valence-electron chi connectivity index (χ4n) is 4.85. The third kappa shape index (κ3) is 4.25. The van der Waals surface area contributed by atoms with Gasteiger partial charge in [-0.05, 0) is 37.8 Å². The summed E-state index contributed by atoms with van der Waals surface area (Å²) in [5.74, 6) is -2.92. The minimum absolute atomic E-state index is 0.0491. The Balaban J connectivity index is 1.45. The first-order valence-electron chi connectivity index (χ1n) is 11.9. The standard InChI is InChI=1S/C24H26F2N8O2/c1-28-20-11-19(30-17-6-3-9-33(23(17)36)15-5-2-4-14(10-15)12-27)32-21-16(13-29-34(20)21)22(35)31-18-7-8-24(18,25)26/h3,6,9,11,13-15,18,28H,2,4-5,7-8,10H2,1H3,(H,30,32)(H,31,35)/t14-,15?,18?/m0/s1. The Morgan fingerprint density at radius 1 is 1.31 bits per heavy atom. The molecule has 0 spiro atoms. The second-order valence-corrected chi connectivity index (χ2v) is 9.30. The number of amides is 1. The molecular formula is C24H26F2N8O2. The van der Waals surface area contributed by atoms with Crippen molar-refractivity contribution in [2.45, 2.75) is 56.5 Å². The van der Waals surface area contributed by atoms with E-state index in [4.69, 9.17) is 0 Å². The van der Waals surface area contributed by atoms with E-state index >= 15 is 0 Å². The van der Waals surface area contributed by atoms with Crippen LogP contribution in [-0.4, -0.2) is 44.1 Å². The second-order valence-electron chi connectivity index (χ2n) is 9.30. The molecule has 10 nitrogen and oxygen atoms in total. The van der Waals surface area contributed by atoms with Crippen molar-refractivity contribution in [3.05, 3.63) is 46.5 Å². The van der Waals surface area contributed by atoms with Crippen LogP contribution in [0.4, 0.5) is 26.1 Å². The first kappa shape index (κ1) is 23.7. The third-order valence-electron chi connectivity index (χ3n) is 7.01. The van der Waals surface area contributed by atoms with Crippen LogP contribution in [0.25, 0.3) is 5.65 Å². The van der Waals surface area contributed by atoms with Gasteiger partial charge in [-0.3, -0.25) is 9.59 Å². The van der Waals surface area contributed by atoms with Crippen LogP contribution in [-0.2, 0) is 0 Å². The maximum Gasteiger partial charge on any atom is 0.274 e. The van der Waals surface area contributed by atoms with Gasteiger partial charge in [0.05, 0.1) is 18.3 Å². The van der Waals surface area contributed by atoms with Gasteiger partial charge in [0.25, 0.3) is 17.4 Å². The molecule has 0 radical (unpaired) electrons. The number of hydrogen-bond donors (Lipinski definition) is 3. The van der Waals surface area contributed by atoms with Crippen LogP contribution in [0.5, 0.6) is 0 Å². The van der Waals surface area contributed by atoms with Gasteiger partial charge < -0.3 is 20.5 Å². The lowest BCUT2D eigenvalue weighted by atomic mass is 9.86. The van der Waals surface area contributed by atoms with Gasteiger partial charge in [-0.25, -0.2) is 13.8 Å². The van der Waals surface area contributed by atoms with Crippen molar-refractivity contribution in [1.82, 2.24) is 24.5 Å². The average molecular weight is 497 g/mol. The zero-order valence-corrected chi connectivity index (χ0v) is 19.7. The highest BCUT2D eigenvalue weighted by atomic mass is 19.3. The molecule has 12 heteroatoms. The largest absolute Gasteiger partial charge is 0.373 e. The maximum atomic E-state index is 13.7. The quantitative estimate of drug-likeness (QED) is 0.477. The number of nitrogens with zero attached hydrogens (tertiary/aromatic N) is 5. The molecule has 2 saturated carbocycles. The van der Waals surface area contributed by atoms with Crippen molar-refractivity contribution in [2.24, 2.45) is 5.92 Å². The Morgan fingerprint density at radius 3 is 2.83 bits per heavy atom. The monoisotopic (exact) mass is 496 g/mol. The Morgan fingerprint density at radius 2 is 2.14 bits per heavy atom. The van der Waals surface area contributed by atoms with E-state index in [1.165, 1.54) is 10.7 Å². The molecule has 3 N–H and O–H groups in total. The summed E-state index contributed by atoms with van der Waals surface area (Å²) in [4.78, 5) is 30.5. The van der Waals surface area contributed by atoms with Crippen molar-refractivity contribution in [3.8, 4) is 6.07 Å². The maximum absolute atomic E-state index is 13.7. The Bertz CT molecular complexity index is 1410. The van der Waals surface area contributed by atoms with E-state index in [1.807, 2.05) is 0 Å². The summed E-state index contributed by atoms with van der Waals surface area (Å²) < 4.78 is 30.4. The lowest BCUT2D eigenvalue weighted by Gasteiger charge is -2.36. The van der Waals surface area contributed by atoms with Gasteiger partial charge in [-0.15, -0.1) is 0 Å². The summed E-state index contributed by atoms with van der Waals surface area (Å²) in [6.07, 6.45) is 6.14. The molecule has 3 aromatic rings. The van der Waals surface area contributed by atoms with E-state index < -0.39 is 17.9 Å². The van der Waals surface area contributed by atoms with E-state index in [-0.39, 0.29) is 53.1 Å². The predicted octanol–water partition coefficient (Wildman–Crippen LogP) is 3.46. The zero-order valence-electron chi connectivity index (χ0n) is 19.7. The van der Waals surface area contributed by atoms with Gasteiger partial charge in [0, 0.05) is 37.7 Å². The lowest BCUT2D eigenvalue weighted by Crippen LogP contribution is -2.55. The molecule has 2 aliphatic carbocycles. The molecule has 3 heterocycles. The van der Waals surface area contributed by atoms with E-state index in [0.29, 0.717) is 12.2 Å². The fraction of sp³-hybridized carbons (Fsp3) is 0.458. The minimum atomic E-state index is -2.92. The van der Waals surface area contributed by atoms with Crippen molar-refractivity contribution in [3.63, 3.8) is 0 Å². The highest BCUT2D eigenvalue weighted by Crippen LogP contribution is 2.37. The predicted molar refractivity (Wildman–Crippen MR) is 129 cm³/mol. The summed E-state index contributed by atoms with van der Waals surface area (Å²) in [5.41, 5.74) is 0.250. The van der Waals surface area contributed by atoms with Crippen LogP contribution >= 0.6 is 0 Å². The number of carbonyl (C=O) groups is 1. The Kier molecular flexibility index (Phi) is 6.07. The van der Waals surface area contributed by atoms with Crippen LogP contribution in [0.3, 0.4) is 0 Å². The number of carbonyl (C=O) groups excluding carboxylic acids is 1. The van der Waals surface area contributed by atoms with E-state index in [2.05, 4.69) is 32.1 Å². The van der Waals surface area contributed by atoms with Gasteiger partial charge in [0.2, 0.25) is 0 Å². The van der Waals surface area contributed by atoms with Gasteiger partial charge in [0.1, 0.15) is 22.9 Å². The molecule has 2 unspecified atom stereocenters. The Hall–Kier alpha value is -4.01. The molecule has 1 amide bonds. The van der Waals surface area contributed by atoms with Crippen molar-refractivity contribution in [2.75, 3.05) is 17.7 Å². The number of hydrogen-bond acceptors (Lipinski definition) is 7. The molecule has 2 fully saturated rings. The number of anilines is 3. The molecule has 188 valence electrons. The fourth-order valence-corrected chi connectivity index (χ4v) is 4.85. The molecule has 36 heavy (non-hydrogen) atoms. The summed E-state index contributed by atoms with van der Waals surface area (Å²) in [6, 6.07) is 6.06. The van der Waals surface area contributed by atoms with E-state index in [1.54, 1.807) is 36.0 Å². The van der Waals surface area contributed by atoms with Gasteiger partial charge in [-0.1, -0.05) is 6.42 Å². The SMILES string of the molecule is CNc1cc(Nc2cccn(C3CCC[C@H](C#N)C3)c2=O)nc2c(C(=O)NC3CCC3(F)F)cnn12. The van der Waals surface area contributed by atoms with Gasteiger partial charge in [0.15, 0.2) is 5.65 Å². The van der Waals surface area contributed by atoms with Crippen LogP contribution in [0, 0.1) is 17.2 Å². The molecule has 3 atom stereocenters. The number of pyridine rings is 1. The Labute approximate surface area is 205 Å². The summed E-state index contributed by atoms with van der Waals surface area (Å²) >= 11 is 0. The molecule has 2 aliphatic rings. The normalized spacial score (nSPS) is 22.9. The van der Waals surface area contributed by atoms with E-state index in [9.17, 15) is 23.6 Å². The van der Waals surface area contributed by atoms with Crippen LogP contribution in [0.15, 0.2) is 35.4 Å². The van der Waals surface area contributed by atoms with Crippen molar-refractivity contribution < 1.29 is 13.6 Å². The molecular weight excluding hydrogens is 470 g/mol. The number of nitrogens with one attached hydrogen (secondary N) is 3. The van der Waals surface area contributed by atoms with Crippen molar-refractivity contribution >= 4 is 28.9 Å². The smallest absolute Gasteiger partial charge is 0.274 e. The lowest BCUT2D eigenvalue weighted by molar-refractivity contribution is -0.102. The molecule has 3 aromatic heterocycles. The van der Waals surface area contributed by atoms with Crippen molar-refractivity contribution in [1.29, 1.82) is 5.26 Å². The summed E-state index contributed by atoms with van der Waals surface area (Å²) in [7, 11) is 1.67. The molecule has 0 saturated heterocycles. The molecule has 0 bridgehead atoms. The molecule has 0 aliphatic heterocycles. The van der Waals surface area contributed by atoms with E-state index in [0.717, 1.165) is 19.3 Å². The summed E-state index contributed by atoms with van der Waals surface area (Å²) in [5, 5.41) is 21.9. The first-order chi connectivity index (χ1) is 17.3. The number of halogens is 2. The second kappa shape index (κ2) is 9.22. The molecule has 0 aromatic carbocycles. The highest BCUT2D eigenvalue weighted by Gasteiger charge is 2.49. The molecule has 5 rings (SSSR count). The van der Waals surface area contributed by atoms with Gasteiger partial charge in [-0.2, -0.15) is 14.9 Å². The third-order valence-corrected chi connectivity index (χ3v) is 7.01. The number of aromatic nitrogens is 4. The first-order valence-corrected chi connectivity index (χ1v) is 11.9. The van der Waals surface area contributed by atoms with Gasteiger partial charge >= 0.3 is 0 Å². The number of rotatable bonds is 6. The highest BCUT2D eigenvalue weighted by molar-refractivity contribution is 6.00. The van der Waals surface area contributed by atoms with Crippen LogP contribution < -0.4 is 21.5 Å². The topological polar surface area (TPSA) is 129 Å². The summed E-state index contributed by atoms with van der Waals surface area (Å²) in [6.45, 7) is 0. The van der Waals surface area contributed by atoms with Crippen LogP contribution in [0.2, 0.25) is 0 Å². The average Bonchev–Trinajstić information content (AvgIpc) is 3.31. The zero-order chi connectivity index (χ0) is 25.4. The number of nitriles is 1. The van der Waals surface area contributed by atoms with Crippen LogP contribution in [0.1, 0.15) is 54.9 Å². The number of fused-ring (bicyclic) bond motifs is 1. The number of alkyl halides is 2. The minimum Gasteiger partial charge on any atom is -0.373 e.